The average molecular weight is 285 g/mol. The van der Waals surface area contributed by atoms with E-state index in [4.69, 9.17) is 9.47 Å². The monoisotopic (exact) mass is 285 g/mol. The van der Waals surface area contributed by atoms with Crippen LogP contribution in [0.1, 0.15) is 59.3 Å². The van der Waals surface area contributed by atoms with Gasteiger partial charge in [0.25, 0.3) is 0 Å². The fourth-order valence-electron chi connectivity index (χ4n) is 2.89. The van der Waals surface area contributed by atoms with Crippen LogP contribution in [0.15, 0.2) is 0 Å². The van der Waals surface area contributed by atoms with Gasteiger partial charge in [-0.25, -0.2) is 0 Å². The smallest absolute Gasteiger partial charge is 0.222 e. The Hall–Kier alpha value is -0.610. The minimum atomic E-state index is -0.288. The third-order valence-electron chi connectivity index (χ3n) is 3.93. The number of hydrogen-bond donors (Lipinski definition) is 0. The predicted octanol–water partition coefficient (Wildman–Crippen LogP) is 3.20. The van der Waals surface area contributed by atoms with E-state index in [0.29, 0.717) is 32.1 Å². The summed E-state index contributed by atoms with van der Waals surface area (Å²) in [4.78, 5) is 14.1. The van der Waals surface area contributed by atoms with Crippen LogP contribution in [0.4, 0.5) is 0 Å². The summed E-state index contributed by atoms with van der Waals surface area (Å²) in [6.07, 6.45) is 6.72. The van der Waals surface area contributed by atoms with Crippen LogP contribution in [-0.2, 0) is 14.3 Å². The zero-order chi connectivity index (χ0) is 14.8. The molecule has 1 rings (SSSR count). The van der Waals surface area contributed by atoms with Gasteiger partial charge in [0.2, 0.25) is 5.91 Å². The van der Waals surface area contributed by atoms with Crippen LogP contribution in [-0.4, -0.2) is 43.4 Å². The van der Waals surface area contributed by atoms with Crippen molar-refractivity contribution in [2.45, 2.75) is 65.6 Å². The highest BCUT2D eigenvalue weighted by Crippen LogP contribution is 2.24. The van der Waals surface area contributed by atoms with Crippen LogP contribution in [0.5, 0.6) is 0 Å². The quantitative estimate of drug-likeness (QED) is 0.611. The first-order valence-corrected chi connectivity index (χ1v) is 8.22. The maximum atomic E-state index is 12.1. The highest BCUT2D eigenvalue weighted by Gasteiger charge is 2.23. The molecule has 4 heteroatoms. The van der Waals surface area contributed by atoms with Crippen molar-refractivity contribution in [3.63, 3.8) is 0 Å². The van der Waals surface area contributed by atoms with Crippen LogP contribution in [0, 0.1) is 5.92 Å². The van der Waals surface area contributed by atoms with Gasteiger partial charge in [0.15, 0.2) is 6.29 Å². The third-order valence-corrected chi connectivity index (χ3v) is 3.93. The fourth-order valence-corrected chi connectivity index (χ4v) is 2.89. The van der Waals surface area contributed by atoms with Gasteiger partial charge < -0.3 is 14.4 Å². The van der Waals surface area contributed by atoms with Gasteiger partial charge in [0.05, 0.1) is 6.54 Å². The molecule has 1 saturated carbocycles. The number of rotatable bonds is 9. The van der Waals surface area contributed by atoms with E-state index in [1.807, 2.05) is 25.7 Å². The van der Waals surface area contributed by atoms with Crippen molar-refractivity contribution in [3.8, 4) is 0 Å². The van der Waals surface area contributed by atoms with E-state index in [1.54, 1.807) is 0 Å². The highest BCUT2D eigenvalue weighted by atomic mass is 16.7. The summed E-state index contributed by atoms with van der Waals surface area (Å²) >= 11 is 0. The summed E-state index contributed by atoms with van der Waals surface area (Å²) in [6.45, 7) is 8.49. The molecule has 1 aliphatic carbocycles. The predicted molar refractivity (Wildman–Crippen MR) is 80.5 cm³/mol. The lowest BCUT2D eigenvalue weighted by molar-refractivity contribution is -0.159. The van der Waals surface area contributed by atoms with Crippen molar-refractivity contribution in [2.75, 3.05) is 26.3 Å². The minimum Gasteiger partial charge on any atom is -0.351 e. The zero-order valence-corrected chi connectivity index (χ0v) is 13.4. The summed E-state index contributed by atoms with van der Waals surface area (Å²) in [5.74, 6) is 0.864. The number of carbonyl (C=O) groups is 1. The number of amides is 1. The van der Waals surface area contributed by atoms with Crippen molar-refractivity contribution in [1.82, 2.24) is 4.90 Å². The summed E-state index contributed by atoms with van der Waals surface area (Å²) < 4.78 is 11.2. The molecule has 0 aliphatic heterocycles. The molecule has 118 valence electrons. The molecule has 0 aromatic carbocycles. The fraction of sp³-hybridized carbons (Fsp3) is 0.938. The Morgan fingerprint density at radius 1 is 1.10 bits per heavy atom. The first kappa shape index (κ1) is 17.4. The van der Waals surface area contributed by atoms with Gasteiger partial charge in [0, 0.05) is 26.2 Å². The van der Waals surface area contributed by atoms with E-state index >= 15 is 0 Å². The summed E-state index contributed by atoms with van der Waals surface area (Å²) in [5, 5.41) is 0. The highest BCUT2D eigenvalue weighted by molar-refractivity contribution is 5.75. The largest absolute Gasteiger partial charge is 0.351 e. The summed E-state index contributed by atoms with van der Waals surface area (Å²) in [7, 11) is 0. The summed E-state index contributed by atoms with van der Waals surface area (Å²) in [6, 6.07) is 0. The maximum Gasteiger partial charge on any atom is 0.222 e. The standard InChI is InChI=1S/C16H31NO3/c1-4-15(18)17(12-14-10-8-7-9-11-14)13-16(19-5-2)20-6-3/h14,16H,4-13H2,1-3H3. The molecule has 1 fully saturated rings. The van der Waals surface area contributed by atoms with Crippen molar-refractivity contribution >= 4 is 5.91 Å². The van der Waals surface area contributed by atoms with E-state index in [-0.39, 0.29) is 12.2 Å². The first-order valence-electron chi connectivity index (χ1n) is 8.22. The van der Waals surface area contributed by atoms with Crippen LogP contribution in [0.2, 0.25) is 0 Å². The van der Waals surface area contributed by atoms with E-state index in [1.165, 1.54) is 32.1 Å². The van der Waals surface area contributed by atoms with Crippen LogP contribution >= 0.6 is 0 Å². The molecular formula is C16H31NO3. The molecule has 0 heterocycles. The lowest BCUT2D eigenvalue weighted by Crippen LogP contribution is -2.42. The molecule has 0 bridgehead atoms. The molecule has 4 nitrogen and oxygen atoms in total. The van der Waals surface area contributed by atoms with Gasteiger partial charge in [-0.3, -0.25) is 4.79 Å². The number of hydrogen-bond acceptors (Lipinski definition) is 3. The Morgan fingerprint density at radius 2 is 1.70 bits per heavy atom. The molecule has 0 aromatic heterocycles. The van der Waals surface area contributed by atoms with E-state index in [0.717, 1.165) is 6.54 Å². The van der Waals surface area contributed by atoms with Gasteiger partial charge in [-0.2, -0.15) is 0 Å². The van der Waals surface area contributed by atoms with Crippen LogP contribution < -0.4 is 0 Å². The first-order chi connectivity index (χ1) is 9.71. The topological polar surface area (TPSA) is 38.8 Å². The molecular weight excluding hydrogens is 254 g/mol. The molecule has 0 atom stereocenters. The third kappa shape index (κ3) is 6.23. The number of ether oxygens (including phenoxy) is 2. The molecule has 0 N–H and O–H groups in total. The molecule has 1 aliphatic rings. The molecule has 0 unspecified atom stereocenters. The molecule has 0 aromatic rings. The lowest BCUT2D eigenvalue weighted by atomic mass is 9.89. The van der Waals surface area contributed by atoms with E-state index in [9.17, 15) is 4.79 Å². The SMILES string of the molecule is CCOC(CN(CC1CCCCC1)C(=O)CC)OCC. The second kappa shape index (κ2) is 10.2. The van der Waals surface area contributed by atoms with Crippen molar-refractivity contribution in [1.29, 1.82) is 0 Å². The number of carbonyl (C=O) groups excluding carboxylic acids is 1. The van der Waals surface area contributed by atoms with Crippen molar-refractivity contribution < 1.29 is 14.3 Å². The van der Waals surface area contributed by atoms with Crippen molar-refractivity contribution in [2.24, 2.45) is 5.92 Å². The van der Waals surface area contributed by atoms with Gasteiger partial charge in [-0.05, 0) is 32.6 Å². The van der Waals surface area contributed by atoms with Crippen molar-refractivity contribution in [3.05, 3.63) is 0 Å². The normalized spacial score (nSPS) is 16.6. The molecule has 1 amide bonds. The molecule has 0 saturated heterocycles. The number of nitrogens with zero attached hydrogens (tertiary/aromatic N) is 1. The van der Waals surface area contributed by atoms with E-state index in [2.05, 4.69) is 0 Å². The van der Waals surface area contributed by atoms with Gasteiger partial charge in [-0.15, -0.1) is 0 Å². The molecule has 0 spiro atoms. The summed E-state index contributed by atoms with van der Waals surface area (Å²) in [5.41, 5.74) is 0. The van der Waals surface area contributed by atoms with Crippen LogP contribution in [0.25, 0.3) is 0 Å². The average Bonchev–Trinajstić information content (AvgIpc) is 2.47. The minimum absolute atomic E-state index is 0.208. The lowest BCUT2D eigenvalue weighted by Gasteiger charge is -2.32. The van der Waals surface area contributed by atoms with Crippen LogP contribution in [0.3, 0.4) is 0 Å². The Morgan fingerprint density at radius 3 is 2.20 bits per heavy atom. The maximum absolute atomic E-state index is 12.1. The van der Waals surface area contributed by atoms with Gasteiger partial charge in [0.1, 0.15) is 0 Å². The Kier molecular flexibility index (Phi) is 8.86. The van der Waals surface area contributed by atoms with Gasteiger partial charge >= 0.3 is 0 Å². The second-order valence-corrected chi connectivity index (χ2v) is 5.50. The molecule has 20 heavy (non-hydrogen) atoms. The zero-order valence-electron chi connectivity index (χ0n) is 13.4. The Balaban J connectivity index is 2.54. The Bertz CT molecular complexity index is 258. The van der Waals surface area contributed by atoms with Gasteiger partial charge in [-0.1, -0.05) is 26.2 Å². The Labute approximate surface area is 123 Å². The molecule has 0 radical (unpaired) electrons. The van der Waals surface area contributed by atoms with E-state index < -0.39 is 0 Å². The second-order valence-electron chi connectivity index (χ2n) is 5.50.